The van der Waals surface area contributed by atoms with Crippen LogP contribution in [-0.4, -0.2) is 34.6 Å². The molecule has 20 heavy (non-hydrogen) atoms. The summed E-state index contributed by atoms with van der Waals surface area (Å²) in [5.74, 6) is 5.92. The molecule has 1 saturated heterocycles. The Morgan fingerprint density at radius 3 is 2.50 bits per heavy atom. The monoisotopic (exact) mass is 276 g/mol. The molecule has 1 aromatic heterocycles. The standard InChI is InChI=1S/C16H28N4/c1-3-16(4-2,20-11-7-8-12-20)15(19-17)13-14-9-5-6-10-18-14/h5-6,9-10,15,19H,3-4,7-8,11-13,17H2,1-2H3. The zero-order chi connectivity index (χ0) is 14.4. The summed E-state index contributed by atoms with van der Waals surface area (Å²) in [5, 5.41) is 0. The van der Waals surface area contributed by atoms with Crippen molar-refractivity contribution in [2.45, 2.75) is 57.5 Å². The summed E-state index contributed by atoms with van der Waals surface area (Å²) < 4.78 is 0. The van der Waals surface area contributed by atoms with Crippen LogP contribution in [0, 0.1) is 0 Å². The van der Waals surface area contributed by atoms with Crippen molar-refractivity contribution in [3.8, 4) is 0 Å². The first-order valence-corrected chi connectivity index (χ1v) is 7.88. The lowest BCUT2D eigenvalue weighted by molar-refractivity contribution is 0.0617. The van der Waals surface area contributed by atoms with Gasteiger partial charge < -0.3 is 0 Å². The van der Waals surface area contributed by atoms with Crippen LogP contribution in [-0.2, 0) is 6.42 Å². The van der Waals surface area contributed by atoms with E-state index in [1.165, 1.54) is 25.9 Å². The molecule has 0 amide bonds. The maximum Gasteiger partial charge on any atom is 0.0449 e. The zero-order valence-corrected chi connectivity index (χ0v) is 12.8. The second kappa shape index (κ2) is 7.16. The Morgan fingerprint density at radius 2 is 2.00 bits per heavy atom. The number of nitrogens with zero attached hydrogens (tertiary/aromatic N) is 2. The Balaban J connectivity index is 2.20. The van der Waals surface area contributed by atoms with Crippen molar-refractivity contribution < 1.29 is 0 Å². The van der Waals surface area contributed by atoms with E-state index in [9.17, 15) is 0 Å². The molecule has 0 aromatic carbocycles. The second-order valence-electron chi connectivity index (χ2n) is 5.75. The summed E-state index contributed by atoms with van der Waals surface area (Å²) in [6.07, 6.45) is 7.59. The van der Waals surface area contributed by atoms with Crippen LogP contribution < -0.4 is 11.3 Å². The van der Waals surface area contributed by atoms with Gasteiger partial charge in [-0.25, -0.2) is 0 Å². The van der Waals surface area contributed by atoms with Crippen LogP contribution >= 0.6 is 0 Å². The summed E-state index contributed by atoms with van der Waals surface area (Å²) in [5.41, 5.74) is 4.34. The van der Waals surface area contributed by atoms with E-state index in [0.717, 1.165) is 25.0 Å². The van der Waals surface area contributed by atoms with Crippen molar-refractivity contribution in [2.24, 2.45) is 5.84 Å². The molecule has 1 aliphatic heterocycles. The van der Waals surface area contributed by atoms with Gasteiger partial charge in [0.25, 0.3) is 0 Å². The summed E-state index contributed by atoms with van der Waals surface area (Å²) in [4.78, 5) is 7.10. The quantitative estimate of drug-likeness (QED) is 0.591. The third-order valence-corrected chi connectivity index (χ3v) is 4.95. The fourth-order valence-electron chi connectivity index (χ4n) is 3.70. The molecule has 1 aromatic rings. The predicted octanol–water partition coefficient (Wildman–Crippen LogP) is 2.11. The molecule has 2 heterocycles. The van der Waals surface area contributed by atoms with Gasteiger partial charge in [-0.05, 0) is 50.9 Å². The number of rotatable bonds is 7. The molecule has 1 fully saturated rings. The lowest BCUT2D eigenvalue weighted by atomic mass is 9.80. The molecule has 0 radical (unpaired) electrons. The maximum absolute atomic E-state index is 5.92. The van der Waals surface area contributed by atoms with Crippen LogP contribution in [0.15, 0.2) is 24.4 Å². The Morgan fingerprint density at radius 1 is 1.30 bits per heavy atom. The molecule has 1 atom stereocenters. The van der Waals surface area contributed by atoms with Crippen LogP contribution in [0.1, 0.15) is 45.2 Å². The van der Waals surface area contributed by atoms with Crippen LogP contribution in [0.2, 0.25) is 0 Å². The minimum Gasteiger partial charge on any atom is -0.296 e. The van der Waals surface area contributed by atoms with E-state index in [1.54, 1.807) is 0 Å². The van der Waals surface area contributed by atoms with E-state index >= 15 is 0 Å². The van der Waals surface area contributed by atoms with E-state index < -0.39 is 0 Å². The van der Waals surface area contributed by atoms with Crippen molar-refractivity contribution in [1.82, 2.24) is 15.3 Å². The molecule has 0 bridgehead atoms. The van der Waals surface area contributed by atoms with Gasteiger partial charge in [0.15, 0.2) is 0 Å². The fraction of sp³-hybridized carbons (Fsp3) is 0.688. The summed E-state index contributed by atoms with van der Waals surface area (Å²) in [7, 11) is 0. The van der Waals surface area contributed by atoms with Gasteiger partial charge in [-0.15, -0.1) is 0 Å². The molecule has 1 aliphatic rings. The Kier molecular flexibility index (Phi) is 5.52. The summed E-state index contributed by atoms with van der Waals surface area (Å²) in [6.45, 7) is 6.96. The van der Waals surface area contributed by atoms with Gasteiger partial charge >= 0.3 is 0 Å². The molecule has 1 unspecified atom stereocenters. The molecule has 4 heteroatoms. The van der Waals surface area contributed by atoms with Crippen LogP contribution in [0.5, 0.6) is 0 Å². The van der Waals surface area contributed by atoms with Crippen molar-refractivity contribution >= 4 is 0 Å². The van der Waals surface area contributed by atoms with E-state index in [-0.39, 0.29) is 11.6 Å². The van der Waals surface area contributed by atoms with Gasteiger partial charge in [0.05, 0.1) is 0 Å². The molecular weight excluding hydrogens is 248 g/mol. The van der Waals surface area contributed by atoms with E-state index in [4.69, 9.17) is 5.84 Å². The third-order valence-electron chi connectivity index (χ3n) is 4.95. The third kappa shape index (κ3) is 3.03. The first-order chi connectivity index (χ1) is 9.76. The number of likely N-dealkylation sites (tertiary alicyclic amines) is 1. The highest BCUT2D eigenvalue weighted by Gasteiger charge is 2.41. The molecular formula is C16H28N4. The maximum atomic E-state index is 5.92. The Labute approximate surface area is 122 Å². The van der Waals surface area contributed by atoms with Gasteiger partial charge in [-0.1, -0.05) is 19.9 Å². The molecule has 4 nitrogen and oxygen atoms in total. The number of pyridine rings is 1. The number of aromatic nitrogens is 1. The molecule has 3 N–H and O–H groups in total. The molecule has 0 aliphatic carbocycles. The smallest absolute Gasteiger partial charge is 0.0449 e. The predicted molar refractivity (Wildman–Crippen MR) is 83.2 cm³/mol. The SMILES string of the molecule is CCC(CC)(C(Cc1ccccn1)NN)N1CCCC1. The first kappa shape index (κ1) is 15.4. The van der Waals surface area contributed by atoms with Crippen LogP contribution in [0.25, 0.3) is 0 Å². The minimum atomic E-state index is 0.142. The average molecular weight is 276 g/mol. The van der Waals surface area contributed by atoms with Gasteiger partial charge in [0.1, 0.15) is 0 Å². The zero-order valence-electron chi connectivity index (χ0n) is 12.8. The lowest BCUT2D eigenvalue weighted by Crippen LogP contribution is -2.62. The van der Waals surface area contributed by atoms with Crippen molar-refractivity contribution in [2.75, 3.05) is 13.1 Å². The number of hydrazine groups is 1. The summed E-state index contributed by atoms with van der Waals surface area (Å²) in [6, 6.07) is 6.34. The van der Waals surface area contributed by atoms with Crippen molar-refractivity contribution in [1.29, 1.82) is 0 Å². The highest BCUT2D eigenvalue weighted by Crippen LogP contribution is 2.32. The Bertz CT molecular complexity index is 383. The van der Waals surface area contributed by atoms with E-state index in [0.29, 0.717) is 0 Å². The van der Waals surface area contributed by atoms with Crippen LogP contribution in [0.4, 0.5) is 0 Å². The number of nitrogens with one attached hydrogen (secondary N) is 1. The Hall–Kier alpha value is -0.970. The molecule has 0 saturated carbocycles. The highest BCUT2D eigenvalue weighted by molar-refractivity contribution is 5.10. The molecule has 112 valence electrons. The number of hydrogen-bond donors (Lipinski definition) is 2. The van der Waals surface area contributed by atoms with Crippen molar-refractivity contribution in [3.05, 3.63) is 30.1 Å². The topological polar surface area (TPSA) is 54.2 Å². The number of hydrogen-bond acceptors (Lipinski definition) is 4. The second-order valence-corrected chi connectivity index (χ2v) is 5.75. The van der Waals surface area contributed by atoms with Gasteiger partial charge in [0, 0.05) is 29.9 Å². The lowest BCUT2D eigenvalue weighted by Gasteiger charge is -2.46. The van der Waals surface area contributed by atoms with E-state index in [1.807, 2.05) is 18.3 Å². The molecule has 2 rings (SSSR count). The first-order valence-electron chi connectivity index (χ1n) is 7.88. The number of nitrogens with two attached hydrogens (primary N) is 1. The van der Waals surface area contributed by atoms with Gasteiger partial charge in [-0.2, -0.15) is 0 Å². The minimum absolute atomic E-state index is 0.142. The highest BCUT2D eigenvalue weighted by atomic mass is 15.3. The van der Waals surface area contributed by atoms with Gasteiger partial charge in [-0.3, -0.25) is 21.2 Å². The largest absolute Gasteiger partial charge is 0.296 e. The van der Waals surface area contributed by atoms with E-state index in [2.05, 4.69) is 35.2 Å². The van der Waals surface area contributed by atoms with Gasteiger partial charge in [0.2, 0.25) is 0 Å². The van der Waals surface area contributed by atoms with Crippen molar-refractivity contribution in [3.63, 3.8) is 0 Å². The fourth-order valence-corrected chi connectivity index (χ4v) is 3.70. The summed E-state index contributed by atoms with van der Waals surface area (Å²) >= 11 is 0. The normalized spacial score (nSPS) is 18.4. The van der Waals surface area contributed by atoms with Crippen LogP contribution in [0.3, 0.4) is 0 Å². The molecule has 0 spiro atoms. The average Bonchev–Trinajstić information content (AvgIpc) is 3.03.